The first kappa shape index (κ1) is 51.4. The summed E-state index contributed by atoms with van der Waals surface area (Å²) in [7, 11) is 3.27. The maximum Gasteiger partial charge on any atom is 0.359 e. The lowest BCUT2D eigenvalue weighted by Gasteiger charge is -2.27. The third-order valence-corrected chi connectivity index (χ3v) is 13.0. The number of carbonyl (C=O) groups is 4. The topological polar surface area (TPSA) is 227 Å². The Kier molecular flexibility index (Phi) is 15.6. The van der Waals surface area contributed by atoms with Crippen LogP contribution in [0.2, 0.25) is 0 Å². The van der Waals surface area contributed by atoms with E-state index in [9.17, 15) is 29.4 Å². The molecule has 73 heavy (non-hydrogen) atoms. The second kappa shape index (κ2) is 22.2. The second-order valence-corrected chi connectivity index (χ2v) is 18.3. The van der Waals surface area contributed by atoms with Gasteiger partial charge in [0.15, 0.2) is 11.4 Å². The Morgan fingerprint density at radius 1 is 0.685 bits per heavy atom. The number of nitrogens with zero attached hydrogens (tertiary/aromatic N) is 12. The van der Waals surface area contributed by atoms with Crippen molar-refractivity contribution in [3.63, 3.8) is 0 Å². The van der Waals surface area contributed by atoms with Gasteiger partial charge in [0.05, 0.1) is 49.1 Å². The molecule has 2 N–H and O–H groups in total. The Bertz CT molecular complexity index is 3130. The number of hydrogen-bond donors (Lipinski definition) is 2. The van der Waals surface area contributed by atoms with E-state index in [4.69, 9.17) is 15.9 Å². The smallest absolute Gasteiger partial charge is 0.359 e. The number of halogens is 1. The summed E-state index contributed by atoms with van der Waals surface area (Å²) in [5.41, 5.74) is 3.24. The number of fused-ring (bicyclic) bond motifs is 2. The Morgan fingerprint density at radius 2 is 1.15 bits per heavy atom. The van der Waals surface area contributed by atoms with Crippen LogP contribution in [0.3, 0.4) is 0 Å². The van der Waals surface area contributed by atoms with Gasteiger partial charge in [0.1, 0.15) is 0 Å². The molecule has 2 atom stereocenters. The minimum Gasteiger partial charge on any atom is -0.461 e. The first-order valence-electron chi connectivity index (χ1n) is 23.6. The quantitative estimate of drug-likeness (QED) is 0.164. The molecule has 20 nitrogen and oxygen atoms in total. The summed E-state index contributed by atoms with van der Waals surface area (Å²) in [5, 5.41) is 29.2. The van der Waals surface area contributed by atoms with Crippen LogP contribution in [-0.4, -0.2) is 148 Å². The average Bonchev–Trinajstić information content (AvgIpc) is 4.14. The van der Waals surface area contributed by atoms with Crippen LogP contribution < -0.4 is 9.80 Å². The zero-order valence-corrected chi connectivity index (χ0v) is 42.3. The van der Waals surface area contributed by atoms with E-state index < -0.39 is 29.0 Å². The normalized spacial score (nSPS) is 18.8. The maximum absolute atomic E-state index is 12.8. The number of benzene rings is 2. The van der Waals surface area contributed by atoms with Crippen LogP contribution in [-0.2, 0) is 45.0 Å². The highest BCUT2D eigenvalue weighted by atomic mass is 79.9. The first-order chi connectivity index (χ1) is 35.2. The standard InChI is InChI=1S/C26H26N6O4.C19H18BrN5O2.C7H9NO2/c1-3-36-23(33)22-20-17-31(25-27-12-5-13-28-25)14-9-21(20)32(29-22)19-7-4-6-18(16-19)8-10-26(35)11-15-30(2)24(26)34;1-2-27-18(26)17-15-12-24(19-21-8-4-9-22-19)10-7-16(15)25(23-17)14-6-3-5-13(20)11-14;1-3-7(10)4-5-8(2)6(7)9/h4-7,12-13,16,35H,3,9,11,14-15,17H2,1-2H3;3-6,8-9,11H,2,7,10,12H2,1H3;1,10H,4-5H2,2H3/t26-;;7-/m0.0/s1. The number of likely N-dealkylation sites (tertiary alicyclic amines) is 2. The number of carbonyl (C=O) groups excluding carboxylic acids is 4. The zero-order valence-electron chi connectivity index (χ0n) is 40.7. The van der Waals surface area contributed by atoms with E-state index in [0.717, 1.165) is 51.3 Å². The van der Waals surface area contributed by atoms with Gasteiger partial charge >= 0.3 is 11.9 Å². The van der Waals surface area contributed by atoms with Crippen LogP contribution in [0.4, 0.5) is 11.9 Å². The van der Waals surface area contributed by atoms with Crippen molar-refractivity contribution >= 4 is 51.6 Å². The lowest BCUT2D eigenvalue weighted by molar-refractivity contribution is -0.138. The molecule has 2 aromatic carbocycles. The van der Waals surface area contributed by atoms with Crippen LogP contribution in [0.25, 0.3) is 11.4 Å². The van der Waals surface area contributed by atoms with Crippen molar-refractivity contribution in [2.75, 3.05) is 63.3 Å². The number of ether oxygens (including phenoxy) is 2. The Morgan fingerprint density at radius 3 is 1.58 bits per heavy atom. The molecule has 4 aliphatic rings. The molecule has 2 fully saturated rings. The van der Waals surface area contributed by atoms with Gasteiger partial charge < -0.3 is 39.3 Å². The summed E-state index contributed by atoms with van der Waals surface area (Å²) in [5.74, 6) is 7.37. The fourth-order valence-electron chi connectivity index (χ4n) is 8.70. The van der Waals surface area contributed by atoms with Gasteiger partial charge in [-0.3, -0.25) is 9.59 Å². The van der Waals surface area contributed by atoms with E-state index in [1.165, 1.54) is 9.80 Å². The molecule has 0 spiro atoms. The predicted molar refractivity (Wildman–Crippen MR) is 270 cm³/mol. The molecule has 10 rings (SSSR count). The third kappa shape index (κ3) is 11.1. The number of likely N-dealkylation sites (N-methyl/N-ethyl adjacent to an activating group) is 2. The van der Waals surface area contributed by atoms with Crippen LogP contribution in [0.1, 0.15) is 75.7 Å². The summed E-state index contributed by atoms with van der Waals surface area (Å²) >= 11 is 3.50. The average molecular weight is 1050 g/mol. The van der Waals surface area contributed by atoms with Crippen LogP contribution in [0, 0.1) is 24.2 Å². The largest absolute Gasteiger partial charge is 0.461 e. The van der Waals surface area contributed by atoms with Crippen molar-refractivity contribution in [1.82, 2.24) is 49.3 Å². The molecule has 0 radical (unpaired) electrons. The highest BCUT2D eigenvalue weighted by molar-refractivity contribution is 9.10. The van der Waals surface area contributed by atoms with Crippen molar-refractivity contribution in [2.24, 2.45) is 0 Å². The number of aromatic nitrogens is 8. The number of rotatable bonds is 8. The number of esters is 2. The number of aliphatic hydroxyl groups is 2. The van der Waals surface area contributed by atoms with Crippen molar-refractivity contribution in [2.45, 2.75) is 63.8 Å². The van der Waals surface area contributed by atoms with Gasteiger partial charge in [-0.2, -0.15) is 10.2 Å². The van der Waals surface area contributed by atoms with Crippen LogP contribution in [0.5, 0.6) is 0 Å². The summed E-state index contributed by atoms with van der Waals surface area (Å²) in [6.45, 7) is 7.46. The van der Waals surface area contributed by atoms with Gasteiger partial charge in [-0.1, -0.05) is 45.8 Å². The van der Waals surface area contributed by atoms with E-state index in [1.54, 1.807) is 75.6 Å². The van der Waals surface area contributed by atoms with E-state index in [-0.39, 0.29) is 24.6 Å². The highest BCUT2D eigenvalue weighted by Gasteiger charge is 2.43. The molecule has 0 aliphatic carbocycles. The van der Waals surface area contributed by atoms with Crippen molar-refractivity contribution in [1.29, 1.82) is 0 Å². The summed E-state index contributed by atoms with van der Waals surface area (Å²) in [6, 6.07) is 18.7. The molecule has 6 aromatic rings. The van der Waals surface area contributed by atoms with Gasteiger partial charge in [-0.25, -0.2) is 38.9 Å². The molecule has 0 saturated carbocycles. The van der Waals surface area contributed by atoms with E-state index in [1.807, 2.05) is 52.0 Å². The minimum absolute atomic E-state index is 0.244. The van der Waals surface area contributed by atoms with Crippen LogP contribution >= 0.6 is 15.9 Å². The number of hydrogen-bond acceptors (Lipinski definition) is 16. The van der Waals surface area contributed by atoms with Gasteiger partial charge in [0.25, 0.3) is 11.8 Å². The van der Waals surface area contributed by atoms with Gasteiger partial charge in [-0.15, -0.1) is 6.42 Å². The molecule has 2 saturated heterocycles. The fourth-order valence-corrected chi connectivity index (χ4v) is 9.09. The lowest BCUT2D eigenvalue weighted by atomic mass is 10.0. The molecule has 0 unspecified atom stereocenters. The van der Waals surface area contributed by atoms with Gasteiger partial charge in [0.2, 0.25) is 23.1 Å². The molecular weight excluding hydrogens is 1000 g/mol. The number of amides is 2. The zero-order chi connectivity index (χ0) is 51.9. The molecule has 4 aliphatic heterocycles. The summed E-state index contributed by atoms with van der Waals surface area (Å²) in [4.78, 5) is 72.8. The Hall–Kier alpha value is -7.98. The number of anilines is 2. The van der Waals surface area contributed by atoms with E-state index >= 15 is 0 Å². The van der Waals surface area contributed by atoms with E-state index in [0.29, 0.717) is 75.3 Å². The molecule has 21 heteroatoms. The minimum atomic E-state index is -1.67. The molecule has 0 bridgehead atoms. The molecular formula is C52H53BrN12O8. The Labute approximate surface area is 430 Å². The third-order valence-electron chi connectivity index (χ3n) is 12.5. The summed E-state index contributed by atoms with van der Waals surface area (Å²) < 4.78 is 15.1. The second-order valence-electron chi connectivity index (χ2n) is 17.4. The molecule has 376 valence electrons. The predicted octanol–water partition coefficient (Wildman–Crippen LogP) is 3.72. The molecule has 4 aromatic heterocycles. The lowest BCUT2D eigenvalue weighted by Crippen LogP contribution is -2.37. The van der Waals surface area contributed by atoms with E-state index in [2.05, 4.69) is 68.7 Å². The highest BCUT2D eigenvalue weighted by Crippen LogP contribution is 2.31. The van der Waals surface area contributed by atoms with Crippen molar-refractivity contribution in [3.8, 4) is 35.6 Å². The van der Waals surface area contributed by atoms with Crippen LogP contribution in [0.15, 0.2) is 89.9 Å². The van der Waals surface area contributed by atoms with Gasteiger partial charge in [-0.05, 0) is 62.4 Å². The van der Waals surface area contributed by atoms with Crippen molar-refractivity contribution < 1.29 is 38.9 Å². The SMILES string of the molecule is C#C[C@]1(O)CCN(C)C1=O.CCOC(=O)c1nn(-c2cccc(Br)c2)c2c1CN(c1ncccn1)CC2.CCOC(=O)c1nn(-c2cccc(C#C[C@]3(O)CCN(C)C3=O)c2)c2c1CN(c1ncccn1)CC2. The maximum atomic E-state index is 12.8. The fraction of sp³-hybridized carbons (Fsp3) is 0.346. The molecule has 2 amide bonds. The first-order valence-corrected chi connectivity index (χ1v) is 24.4. The van der Waals surface area contributed by atoms with Gasteiger partial charge in [0, 0.05) is 112 Å². The summed E-state index contributed by atoms with van der Waals surface area (Å²) in [6.07, 6.45) is 13.8. The monoisotopic (exact) mass is 1050 g/mol. The Balaban J connectivity index is 0.000000168. The van der Waals surface area contributed by atoms with Crippen molar-refractivity contribution in [3.05, 3.63) is 129 Å². The molecule has 8 heterocycles. The number of terminal acetylenes is 1.